The van der Waals surface area contributed by atoms with Crippen LogP contribution in [0.5, 0.6) is 5.75 Å². The third-order valence-corrected chi connectivity index (χ3v) is 8.91. The predicted octanol–water partition coefficient (Wildman–Crippen LogP) is 2.44. The van der Waals surface area contributed by atoms with Crippen molar-refractivity contribution in [1.29, 1.82) is 0 Å². The van der Waals surface area contributed by atoms with Crippen molar-refractivity contribution < 1.29 is 26.4 Å². The van der Waals surface area contributed by atoms with Crippen LogP contribution >= 0.6 is 0 Å². The number of sulfonamides is 1. The Morgan fingerprint density at radius 1 is 1.03 bits per heavy atom. The molecule has 1 amide bonds. The fraction of sp³-hybridized carbons (Fsp3) is 0.318. The maximum atomic E-state index is 13.4. The number of benzene rings is 2. The fourth-order valence-corrected chi connectivity index (χ4v) is 6.69. The van der Waals surface area contributed by atoms with Crippen molar-refractivity contribution in [1.82, 2.24) is 4.31 Å². The number of hydrogen-bond acceptors (Lipinski definition) is 6. The van der Waals surface area contributed by atoms with Crippen molar-refractivity contribution in [3.8, 4) is 5.75 Å². The van der Waals surface area contributed by atoms with E-state index in [-0.39, 0.29) is 16.2 Å². The summed E-state index contributed by atoms with van der Waals surface area (Å²) >= 11 is 0. The largest absolute Gasteiger partial charge is 0.497 e. The molecule has 170 valence electrons. The lowest BCUT2D eigenvalue weighted by atomic mass is 10.1. The number of rotatable bonds is 6. The number of sulfone groups is 1. The molecule has 1 fully saturated rings. The van der Waals surface area contributed by atoms with Crippen LogP contribution in [0, 0.1) is 0 Å². The lowest BCUT2D eigenvalue weighted by Gasteiger charge is -2.28. The van der Waals surface area contributed by atoms with E-state index in [2.05, 4.69) is 0 Å². The van der Waals surface area contributed by atoms with Crippen molar-refractivity contribution in [3.63, 3.8) is 0 Å². The Kier molecular flexibility index (Phi) is 6.11. The van der Waals surface area contributed by atoms with Crippen molar-refractivity contribution in [2.45, 2.75) is 23.8 Å². The average Bonchev–Trinajstić information content (AvgIpc) is 3.45. The zero-order valence-corrected chi connectivity index (χ0v) is 19.2. The second-order valence-corrected chi connectivity index (χ2v) is 11.6. The Morgan fingerprint density at radius 2 is 1.66 bits per heavy atom. The summed E-state index contributed by atoms with van der Waals surface area (Å²) < 4.78 is 56.1. The molecule has 0 aliphatic carbocycles. The summed E-state index contributed by atoms with van der Waals surface area (Å²) in [4.78, 5) is 15.0. The first-order valence-corrected chi connectivity index (χ1v) is 13.4. The molecule has 2 aliphatic rings. The molecule has 1 atom stereocenters. The molecule has 4 rings (SSSR count). The molecular weight excluding hydrogens is 452 g/mol. The first kappa shape index (κ1) is 22.5. The van der Waals surface area contributed by atoms with Crippen LogP contribution in [0.4, 0.5) is 5.69 Å². The Bertz CT molecular complexity index is 1230. The first-order valence-electron chi connectivity index (χ1n) is 10.2. The van der Waals surface area contributed by atoms with E-state index < -0.39 is 31.8 Å². The smallest absolute Gasteiger partial charge is 0.258 e. The van der Waals surface area contributed by atoms with Crippen LogP contribution in [0.3, 0.4) is 0 Å². The van der Waals surface area contributed by atoms with Gasteiger partial charge in [0.2, 0.25) is 10.0 Å². The summed E-state index contributed by atoms with van der Waals surface area (Å²) in [6.45, 7) is 0.994. The Balaban J connectivity index is 1.65. The summed E-state index contributed by atoms with van der Waals surface area (Å²) in [5, 5.41) is 1.12. The van der Waals surface area contributed by atoms with Crippen LogP contribution in [0.15, 0.2) is 64.9 Å². The predicted molar refractivity (Wildman–Crippen MR) is 121 cm³/mol. The van der Waals surface area contributed by atoms with Gasteiger partial charge in [-0.3, -0.25) is 4.79 Å². The Morgan fingerprint density at radius 3 is 2.19 bits per heavy atom. The van der Waals surface area contributed by atoms with Crippen molar-refractivity contribution in [2.24, 2.45) is 0 Å². The number of nitrogens with zero attached hydrogens (tertiary/aromatic N) is 2. The highest BCUT2D eigenvalue weighted by Gasteiger charge is 2.33. The van der Waals surface area contributed by atoms with Gasteiger partial charge in [0.25, 0.3) is 5.91 Å². The van der Waals surface area contributed by atoms with Gasteiger partial charge in [-0.1, -0.05) is 0 Å². The van der Waals surface area contributed by atoms with E-state index in [9.17, 15) is 21.6 Å². The molecular formula is C22H24N2O6S2. The third kappa shape index (κ3) is 4.43. The van der Waals surface area contributed by atoms with Crippen molar-refractivity contribution in [2.75, 3.05) is 30.9 Å². The molecule has 2 aliphatic heterocycles. The molecule has 8 nitrogen and oxygen atoms in total. The molecule has 10 heteroatoms. The van der Waals surface area contributed by atoms with Gasteiger partial charge in [0, 0.05) is 29.7 Å². The molecule has 2 aromatic carbocycles. The van der Waals surface area contributed by atoms with E-state index >= 15 is 0 Å². The van der Waals surface area contributed by atoms with Gasteiger partial charge in [-0.25, -0.2) is 16.8 Å². The zero-order chi connectivity index (χ0) is 22.9. The Hall–Kier alpha value is -2.69. The number of anilines is 1. The van der Waals surface area contributed by atoms with Crippen LogP contribution < -0.4 is 9.64 Å². The van der Waals surface area contributed by atoms with Gasteiger partial charge in [0.15, 0.2) is 9.84 Å². The molecule has 0 unspecified atom stereocenters. The van der Waals surface area contributed by atoms with Gasteiger partial charge in [0.1, 0.15) is 5.75 Å². The second-order valence-electron chi connectivity index (χ2n) is 7.73. The van der Waals surface area contributed by atoms with E-state index in [1.54, 1.807) is 24.3 Å². The first-order chi connectivity index (χ1) is 15.2. The van der Waals surface area contributed by atoms with Gasteiger partial charge in [-0.15, -0.1) is 0 Å². The van der Waals surface area contributed by atoms with Crippen LogP contribution in [0.1, 0.15) is 23.2 Å². The second kappa shape index (κ2) is 8.68. The quantitative estimate of drug-likeness (QED) is 0.635. The van der Waals surface area contributed by atoms with Crippen molar-refractivity contribution in [3.05, 3.63) is 65.6 Å². The van der Waals surface area contributed by atoms with Crippen LogP contribution in [-0.4, -0.2) is 59.0 Å². The molecule has 0 radical (unpaired) electrons. The minimum absolute atomic E-state index is 0.135. The van der Waals surface area contributed by atoms with Crippen LogP contribution in [-0.2, 0) is 19.9 Å². The van der Waals surface area contributed by atoms with Gasteiger partial charge in [-0.2, -0.15) is 4.31 Å². The fourth-order valence-electron chi connectivity index (χ4n) is 3.91. The number of carbonyl (C=O) groups excluding carboxylic acids is 1. The summed E-state index contributed by atoms with van der Waals surface area (Å²) in [7, 11) is -5.46. The molecule has 0 bridgehead atoms. The molecule has 2 heterocycles. The van der Waals surface area contributed by atoms with Gasteiger partial charge in [-0.05, 0) is 67.4 Å². The molecule has 2 aromatic rings. The lowest BCUT2D eigenvalue weighted by Crippen LogP contribution is -2.41. The number of carbonyl (C=O) groups is 1. The lowest BCUT2D eigenvalue weighted by molar-refractivity contribution is 0.0983. The maximum absolute atomic E-state index is 13.4. The minimum atomic E-state index is -3.59. The van der Waals surface area contributed by atoms with Gasteiger partial charge < -0.3 is 9.64 Å². The normalized spacial score (nSPS) is 20.3. The number of amides is 1. The highest BCUT2D eigenvalue weighted by atomic mass is 32.2. The van der Waals surface area contributed by atoms with Gasteiger partial charge >= 0.3 is 0 Å². The summed E-state index contributed by atoms with van der Waals surface area (Å²) in [6, 6.07) is 11.9. The summed E-state index contributed by atoms with van der Waals surface area (Å²) in [5.41, 5.74) is 0.773. The average molecular weight is 477 g/mol. The zero-order valence-electron chi connectivity index (χ0n) is 17.5. The summed E-state index contributed by atoms with van der Waals surface area (Å²) in [6.07, 6.45) is 3.17. The monoisotopic (exact) mass is 476 g/mol. The van der Waals surface area contributed by atoms with Crippen LogP contribution in [0.2, 0.25) is 0 Å². The van der Waals surface area contributed by atoms with Crippen molar-refractivity contribution >= 4 is 31.5 Å². The number of methoxy groups -OCH3 is 1. The molecule has 1 saturated heterocycles. The van der Waals surface area contributed by atoms with E-state index in [0.717, 1.165) is 18.2 Å². The van der Waals surface area contributed by atoms with E-state index in [0.29, 0.717) is 24.5 Å². The Labute approximate surface area is 188 Å². The highest BCUT2D eigenvalue weighted by molar-refractivity contribution is 7.94. The maximum Gasteiger partial charge on any atom is 0.258 e. The molecule has 0 aromatic heterocycles. The number of ether oxygens (including phenoxy) is 1. The van der Waals surface area contributed by atoms with Crippen LogP contribution in [0.25, 0.3) is 0 Å². The minimum Gasteiger partial charge on any atom is -0.497 e. The standard InChI is InChI=1S/C22H24N2O6S2/c1-30-20-8-6-18(7-9-20)24(19-12-15-31(26,27)16-19)22(25)17-4-10-21(11-5-17)32(28,29)23-13-2-3-14-23/h4-12,15,19H,2-3,13-14,16H2,1H3/t19-/m0/s1. The highest BCUT2D eigenvalue weighted by Crippen LogP contribution is 2.28. The van der Waals surface area contributed by atoms with E-state index in [1.165, 1.54) is 46.7 Å². The SMILES string of the molecule is COc1ccc(N(C(=O)c2ccc(S(=O)(=O)N3CCCC3)cc2)[C@H]2C=CS(=O)(=O)C2)cc1. The third-order valence-electron chi connectivity index (χ3n) is 5.62. The summed E-state index contributed by atoms with van der Waals surface area (Å²) in [5.74, 6) is -0.0362. The molecule has 0 saturated carbocycles. The number of hydrogen-bond donors (Lipinski definition) is 0. The molecule has 0 N–H and O–H groups in total. The van der Waals surface area contributed by atoms with E-state index in [4.69, 9.17) is 4.74 Å². The molecule has 0 spiro atoms. The van der Waals surface area contributed by atoms with E-state index in [1.807, 2.05) is 0 Å². The topological polar surface area (TPSA) is 101 Å². The van der Waals surface area contributed by atoms with Gasteiger partial charge in [0.05, 0.1) is 23.8 Å². The molecule has 32 heavy (non-hydrogen) atoms.